The van der Waals surface area contributed by atoms with Crippen LogP contribution in [0.25, 0.3) is 0 Å². The van der Waals surface area contributed by atoms with Gasteiger partial charge in [0.1, 0.15) is 0 Å². The third-order valence-electron chi connectivity index (χ3n) is 4.30. The summed E-state index contributed by atoms with van der Waals surface area (Å²) in [4.78, 5) is 25.4. The Balaban J connectivity index is 1.80. The van der Waals surface area contributed by atoms with Crippen LogP contribution in [0.4, 0.5) is 0 Å². The van der Waals surface area contributed by atoms with Gasteiger partial charge in [0, 0.05) is 16.8 Å². The zero-order chi connectivity index (χ0) is 19.9. The number of hydrogen-bond donors (Lipinski definition) is 2. The van der Waals surface area contributed by atoms with Gasteiger partial charge in [0.2, 0.25) is 11.8 Å². The van der Waals surface area contributed by atoms with Crippen molar-refractivity contribution in [3.63, 3.8) is 0 Å². The molecule has 144 valence electrons. The molecule has 3 rings (SSSR count). The fourth-order valence-electron chi connectivity index (χ4n) is 3.02. The van der Waals surface area contributed by atoms with Gasteiger partial charge in [-0.25, -0.2) is 0 Å². The molecule has 2 amide bonds. The number of thiophene rings is 1. The molecule has 6 heteroatoms. The van der Waals surface area contributed by atoms with Crippen LogP contribution >= 0.6 is 22.9 Å². The van der Waals surface area contributed by atoms with Crippen molar-refractivity contribution in [1.82, 2.24) is 10.6 Å². The van der Waals surface area contributed by atoms with Gasteiger partial charge in [0.25, 0.3) is 0 Å². The van der Waals surface area contributed by atoms with E-state index in [4.69, 9.17) is 11.6 Å². The van der Waals surface area contributed by atoms with Gasteiger partial charge in [-0.1, -0.05) is 60.1 Å². The average molecular weight is 413 g/mol. The van der Waals surface area contributed by atoms with Crippen LogP contribution < -0.4 is 10.6 Å². The minimum Gasteiger partial charge on any atom is -0.348 e. The first kappa shape index (κ1) is 20.1. The Morgan fingerprint density at radius 1 is 0.929 bits per heavy atom. The third kappa shape index (κ3) is 5.44. The Bertz CT molecular complexity index is 911. The van der Waals surface area contributed by atoms with E-state index in [1.54, 1.807) is 0 Å². The highest BCUT2D eigenvalue weighted by Gasteiger charge is 2.22. The summed E-state index contributed by atoms with van der Waals surface area (Å²) in [7, 11) is 0. The van der Waals surface area contributed by atoms with Gasteiger partial charge in [0.05, 0.1) is 18.5 Å². The van der Waals surface area contributed by atoms with Crippen LogP contribution in [0.1, 0.15) is 41.4 Å². The highest BCUT2D eigenvalue weighted by atomic mass is 35.5. The van der Waals surface area contributed by atoms with E-state index in [-0.39, 0.29) is 30.3 Å². The Hall–Kier alpha value is -2.63. The topological polar surface area (TPSA) is 58.2 Å². The van der Waals surface area contributed by atoms with Crippen molar-refractivity contribution in [2.75, 3.05) is 0 Å². The summed E-state index contributed by atoms with van der Waals surface area (Å²) in [6, 6.07) is 20.4. The SMILES string of the molecule is CC(=O)NC(CC(=O)NC(c1ccccc1)c1ccc(Cl)cc1)c1cccs1. The molecule has 1 heterocycles. The molecular weight excluding hydrogens is 392 g/mol. The fourth-order valence-corrected chi connectivity index (χ4v) is 3.93. The molecule has 1 aromatic heterocycles. The van der Waals surface area contributed by atoms with Gasteiger partial charge < -0.3 is 10.6 Å². The number of benzene rings is 2. The second-order valence-corrected chi connectivity index (χ2v) is 7.85. The quantitative estimate of drug-likeness (QED) is 0.581. The molecule has 0 saturated heterocycles. The van der Waals surface area contributed by atoms with E-state index in [0.29, 0.717) is 5.02 Å². The van der Waals surface area contributed by atoms with Crippen molar-refractivity contribution in [2.45, 2.75) is 25.4 Å². The molecule has 0 radical (unpaired) electrons. The summed E-state index contributed by atoms with van der Waals surface area (Å²) in [5, 5.41) is 8.55. The lowest BCUT2D eigenvalue weighted by Gasteiger charge is -2.22. The van der Waals surface area contributed by atoms with E-state index in [1.807, 2.05) is 72.1 Å². The number of nitrogens with one attached hydrogen (secondary N) is 2. The minimum atomic E-state index is -0.348. The molecule has 0 aliphatic rings. The molecule has 2 aromatic carbocycles. The molecular formula is C22H21ClN2O2S. The summed E-state index contributed by atoms with van der Waals surface area (Å²) < 4.78 is 0. The normalized spacial score (nSPS) is 12.8. The van der Waals surface area contributed by atoms with Crippen LogP contribution in [0.15, 0.2) is 72.1 Å². The summed E-state index contributed by atoms with van der Waals surface area (Å²) in [5.74, 6) is -0.306. The van der Waals surface area contributed by atoms with Crippen LogP contribution in [0.2, 0.25) is 5.02 Å². The van der Waals surface area contributed by atoms with Crippen LogP contribution in [-0.2, 0) is 9.59 Å². The van der Waals surface area contributed by atoms with Crippen molar-refractivity contribution in [2.24, 2.45) is 0 Å². The molecule has 2 atom stereocenters. The summed E-state index contributed by atoms with van der Waals surface area (Å²) in [6.07, 6.45) is 0.164. The van der Waals surface area contributed by atoms with Gasteiger partial charge in [-0.05, 0) is 34.7 Å². The third-order valence-corrected chi connectivity index (χ3v) is 5.53. The number of carbonyl (C=O) groups excluding carboxylic acids is 2. The molecule has 2 unspecified atom stereocenters. The highest BCUT2D eigenvalue weighted by Crippen LogP contribution is 2.26. The van der Waals surface area contributed by atoms with Gasteiger partial charge in [0.15, 0.2) is 0 Å². The second-order valence-electron chi connectivity index (χ2n) is 6.44. The van der Waals surface area contributed by atoms with Crippen LogP contribution in [0.3, 0.4) is 0 Å². The van der Waals surface area contributed by atoms with Crippen LogP contribution in [0, 0.1) is 0 Å². The highest BCUT2D eigenvalue weighted by molar-refractivity contribution is 7.10. The molecule has 2 N–H and O–H groups in total. The molecule has 0 aliphatic heterocycles. The molecule has 28 heavy (non-hydrogen) atoms. The minimum absolute atomic E-state index is 0.143. The second kappa shape index (κ2) is 9.53. The number of rotatable bonds is 7. The number of carbonyl (C=O) groups is 2. The maximum Gasteiger partial charge on any atom is 0.223 e. The molecule has 0 spiro atoms. The molecule has 0 bridgehead atoms. The lowest BCUT2D eigenvalue weighted by molar-refractivity contribution is -0.123. The summed E-state index contributed by atoms with van der Waals surface area (Å²) >= 11 is 7.53. The molecule has 0 aliphatic carbocycles. The lowest BCUT2D eigenvalue weighted by Crippen LogP contribution is -2.34. The van der Waals surface area contributed by atoms with E-state index >= 15 is 0 Å². The maximum absolute atomic E-state index is 12.9. The summed E-state index contributed by atoms with van der Waals surface area (Å²) in [6.45, 7) is 1.46. The maximum atomic E-state index is 12.9. The van der Waals surface area contributed by atoms with Crippen molar-refractivity contribution in [1.29, 1.82) is 0 Å². The number of halogens is 1. The van der Waals surface area contributed by atoms with E-state index in [9.17, 15) is 9.59 Å². The standard InChI is InChI=1S/C22H21ClN2O2S/c1-15(26)24-19(20-8-5-13-28-20)14-21(27)25-22(16-6-3-2-4-7-16)17-9-11-18(23)12-10-17/h2-13,19,22H,14H2,1H3,(H,24,26)(H,25,27). The van der Waals surface area contributed by atoms with Crippen molar-refractivity contribution in [3.05, 3.63) is 93.1 Å². The molecule has 0 fully saturated rings. The smallest absolute Gasteiger partial charge is 0.223 e. The van der Waals surface area contributed by atoms with Gasteiger partial charge >= 0.3 is 0 Å². The fraction of sp³-hybridized carbons (Fsp3) is 0.182. The van der Waals surface area contributed by atoms with Gasteiger partial charge in [-0.15, -0.1) is 11.3 Å². The van der Waals surface area contributed by atoms with Crippen molar-refractivity contribution < 1.29 is 9.59 Å². The first-order valence-electron chi connectivity index (χ1n) is 8.93. The van der Waals surface area contributed by atoms with Crippen molar-refractivity contribution >= 4 is 34.8 Å². The predicted octanol–water partition coefficient (Wildman–Crippen LogP) is 4.87. The van der Waals surface area contributed by atoms with Gasteiger partial charge in [-0.3, -0.25) is 9.59 Å². The Morgan fingerprint density at radius 2 is 1.61 bits per heavy atom. The number of hydrogen-bond acceptors (Lipinski definition) is 3. The first-order valence-corrected chi connectivity index (χ1v) is 10.2. The van der Waals surface area contributed by atoms with Gasteiger partial charge in [-0.2, -0.15) is 0 Å². The molecule has 3 aromatic rings. The van der Waals surface area contributed by atoms with E-state index in [0.717, 1.165) is 16.0 Å². The van der Waals surface area contributed by atoms with Crippen molar-refractivity contribution in [3.8, 4) is 0 Å². The Morgan fingerprint density at radius 3 is 2.21 bits per heavy atom. The molecule has 4 nitrogen and oxygen atoms in total. The lowest BCUT2D eigenvalue weighted by atomic mass is 9.98. The monoisotopic (exact) mass is 412 g/mol. The largest absolute Gasteiger partial charge is 0.348 e. The Kier molecular flexibility index (Phi) is 6.85. The first-order chi connectivity index (χ1) is 13.5. The zero-order valence-corrected chi connectivity index (χ0v) is 17.0. The van der Waals surface area contributed by atoms with Crippen LogP contribution in [-0.4, -0.2) is 11.8 Å². The Labute approximate surface area is 173 Å². The summed E-state index contributed by atoms with van der Waals surface area (Å²) in [5.41, 5.74) is 1.92. The van der Waals surface area contributed by atoms with E-state index < -0.39 is 0 Å². The predicted molar refractivity (Wildman–Crippen MR) is 113 cm³/mol. The number of amides is 2. The molecule has 0 saturated carbocycles. The van der Waals surface area contributed by atoms with E-state index in [1.165, 1.54) is 18.3 Å². The van der Waals surface area contributed by atoms with Crippen LogP contribution in [0.5, 0.6) is 0 Å². The average Bonchev–Trinajstić information content (AvgIpc) is 3.22. The van der Waals surface area contributed by atoms with E-state index in [2.05, 4.69) is 10.6 Å². The zero-order valence-electron chi connectivity index (χ0n) is 15.4.